The Kier molecular flexibility index (Phi) is 8.31. The second kappa shape index (κ2) is 11.6. The van der Waals surface area contributed by atoms with Gasteiger partial charge in [0.25, 0.3) is 0 Å². The number of allylic oxidation sites excluding steroid dienone is 1. The Hall–Kier alpha value is -3.03. The number of hydrogen-bond donors (Lipinski definition) is 1. The lowest BCUT2D eigenvalue weighted by Gasteiger charge is -2.37. The quantitative estimate of drug-likeness (QED) is 0.556. The number of carbonyl (C=O) groups excluding carboxylic acids is 2. The summed E-state index contributed by atoms with van der Waals surface area (Å²) in [5.41, 5.74) is 2.42. The van der Waals surface area contributed by atoms with Crippen molar-refractivity contribution in [3.8, 4) is 11.5 Å². The molecule has 2 aromatic rings. The number of carbonyl (C=O) groups is 2. The fourth-order valence-electron chi connectivity index (χ4n) is 4.57. The molecule has 3 unspecified atom stereocenters. The van der Waals surface area contributed by atoms with Gasteiger partial charge in [-0.05, 0) is 54.7 Å². The van der Waals surface area contributed by atoms with Gasteiger partial charge in [-0.1, -0.05) is 29.8 Å². The van der Waals surface area contributed by atoms with Gasteiger partial charge in [-0.15, -0.1) is 0 Å². The smallest absolute Gasteiger partial charge is 0.246 e. The predicted octanol–water partition coefficient (Wildman–Crippen LogP) is 4.21. The molecule has 3 atom stereocenters. The molecule has 4 rings (SSSR count). The minimum absolute atomic E-state index is 0.0200. The molecular formula is C27H30ClNO6. The third-order valence-corrected chi connectivity index (χ3v) is 6.75. The largest absolute Gasteiger partial charge is 0.496 e. The number of nitrogens with one attached hydrogen (secondary N) is 1. The Labute approximate surface area is 210 Å². The number of rotatable bonds is 9. The van der Waals surface area contributed by atoms with E-state index in [0.717, 1.165) is 11.1 Å². The molecule has 1 N–H and O–H groups in total. The van der Waals surface area contributed by atoms with E-state index in [-0.39, 0.29) is 36.4 Å². The highest BCUT2D eigenvalue weighted by Crippen LogP contribution is 2.37. The number of methoxy groups -OCH3 is 2. The molecule has 2 aliphatic rings. The molecule has 1 amide bonds. The van der Waals surface area contributed by atoms with Gasteiger partial charge in [-0.25, -0.2) is 0 Å². The summed E-state index contributed by atoms with van der Waals surface area (Å²) in [6.45, 7) is 0.469. The summed E-state index contributed by atoms with van der Waals surface area (Å²) in [4.78, 5) is 25.3. The Morgan fingerprint density at radius 3 is 2.60 bits per heavy atom. The van der Waals surface area contributed by atoms with Crippen LogP contribution in [0, 0.1) is 5.92 Å². The number of hydrogen-bond acceptors (Lipinski definition) is 6. The molecule has 1 aliphatic heterocycles. The van der Waals surface area contributed by atoms with Crippen LogP contribution in [0.3, 0.4) is 0 Å². The predicted molar refractivity (Wildman–Crippen MR) is 133 cm³/mol. The average molecular weight is 500 g/mol. The minimum atomic E-state index is -0.231. The summed E-state index contributed by atoms with van der Waals surface area (Å²) in [5.74, 6) is 1.06. The first-order valence-electron chi connectivity index (χ1n) is 11.7. The Morgan fingerprint density at radius 2 is 1.86 bits per heavy atom. The lowest BCUT2D eigenvalue weighted by molar-refractivity contribution is -0.135. The number of ketones is 1. The maximum absolute atomic E-state index is 13.0. The molecule has 0 saturated heterocycles. The van der Waals surface area contributed by atoms with Crippen molar-refractivity contribution in [1.29, 1.82) is 0 Å². The molecule has 1 heterocycles. The molecule has 1 fully saturated rings. The highest BCUT2D eigenvalue weighted by atomic mass is 35.5. The van der Waals surface area contributed by atoms with Crippen LogP contribution in [0.1, 0.15) is 30.4 Å². The molecule has 0 aromatic heterocycles. The maximum atomic E-state index is 13.0. The SMILES string of the molecule is COc1ccc(CCNC(=O)COC2CCC3C(=O)C(c4ccc(Cl)cc4)=COC3C2)cc1OC. The molecule has 1 saturated carbocycles. The fraction of sp³-hybridized carbons (Fsp3) is 0.407. The van der Waals surface area contributed by atoms with E-state index in [1.165, 1.54) is 0 Å². The Bertz CT molecular complexity index is 1080. The third-order valence-electron chi connectivity index (χ3n) is 6.50. The number of ether oxygens (including phenoxy) is 4. The fourth-order valence-corrected chi connectivity index (χ4v) is 4.70. The number of halogens is 1. The molecule has 186 valence electrons. The van der Waals surface area contributed by atoms with Crippen LogP contribution in [0.15, 0.2) is 48.7 Å². The van der Waals surface area contributed by atoms with Crippen LogP contribution < -0.4 is 14.8 Å². The first-order chi connectivity index (χ1) is 17.0. The van der Waals surface area contributed by atoms with Crippen molar-refractivity contribution < 1.29 is 28.5 Å². The zero-order valence-electron chi connectivity index (χ0n) is 19.9. The van der Waals surface area contributed by atoms with Crippen LogP contribution in [0.5, 0.6) is 11.5 Å². The lowest BCUT2D eigenvalue weighted by atomic mass is 9.78. The topological polar surface area (TPSA) is 83.1 Å². The van der Waals surface area contributed by atoms with Gasteiger partial charge in [0.05, 0.1) is 38.1 Å². The van der Waals surface area contributed by atoms with Gasteiger partial charge < -0.3 is 24.3 Å². The summed E-state index contributed by atoms with van der Waals surface area (Å²) in [6.07, 6.45) is 3.83. The number of Topliss-reactive ketones (excluding diaryl/α,β-unsaturated/α-hetero) is 1. The molecule has 1 aliphatic carbocycles. The third kappa shape index (κ3) is 6.16. The van der Waals surface area contributed by atoms with Gasteiger partial charge in [-0.2, -0.15) is 0 Å². The van der Waals surface area contributed by atoms with E-state index in [1.807, 2.05) is 30.3 Å². The van der Waals surface area contributed by atoms with E-state index >= 15 is 0 Å². The monoisotopic (exact) mass is 499 g/mol. The van der Waals surface area contributed by atoms with Crippen LogP contribution in [0.4, 0.5) is 0 Å². The molecule has 2 aromatic carbocycles. The van der Waals surface area contributed by atoms with Gasteiger partial charge in [-0.3, -0.25) is 9.59 Å². The molecule has 8 heteroatoms. The van der Waals surface area contributed by atoms with Gasteiger partial charge in [0.1, 0.15) is 12.7 Å². The summed E-state index contributed by atoms with van der Waals surface area (Å²) in [6, 6.07) is 12.9. The number of fused-ring (bicyclic) bond motifs is 1. The molecular weight excluding hydrogens is 470 g/mol. The summed E-state index contributed by atoms with van der Waals surface area (Å²) >= 11 is 5.96. The van der Waals surface area contributed by atoms with Crippen molar-refractivity contribution in [3.63, 3.8) is 0 Å². The molecule has 0 radical (unpaired) electrons. The molecule has 7 nitrogen and oxygen atoms in total. The second-order valence-corrected chi connectivity index (χ2v) is 9.16. The van der Waals surface area contributed by atoms with Crippen LogP contribution >= 0.6 is 11.6 Å². The number of benzene rings is 2. The zero-order chi connectivity index (χ0) is 24.8. The average Bonchev–Trinajstić information content (AvgIpc) is 2.88. The number of amides is 1. The van der Waals surface area contributed by atoms with Crippen LogP contribution in [0.2, 0.25) is 5.02 Å². The molecule has 35 heavy (non-hydrogen) atoms. The highest BCUT2D eigenvalue weighted by molar-refractivity contribution is 6.30. The van der Waals surface area contributed by atoms with Crippen molar-refractivity contribution in [2.75, 3.05) is 27.4 Å². The summed E-state index contributed by atoms with van der Waals surface area (Å²) < 4.78 is 22.3. The van der Waals surface area contributed by atoms with Crippen molar-refractivity contribution in [2.45, 2.75) is 37.9 Å². The van der Waals surface area contributed by atoms with E-state index in [2.05, 4.69) is 5.32 Å². The maximum Gasteiger partial charge on any atom is 0.246 e. The zero-order valence-corrected chi connectivity index (χ0v) is 20.7. The summed E-state index contributed by atoms with van der Waals surface area (Å²) in [7, 11) is 3.19. The minimum Gasteiger partial charge on any atom is -0.496 e. The van der Waals surface area contributed by atoms with Crippen LogP contribution in [0.25, 0.3) is 5.57 Å². The van der Waals surface area contributed by atoms with Gasteiger partial charge in [0, 0.05) is 18.0 Å². The standard InChI is InChI=1S/C27H30ClNO6/c1-32-23-10-3-17(13-25(23)33-2)11-12-29-26(30)16-34-20-8-9-21-24(14-20)35-15-22(27(21)31)18-4-6-19(28)7-5-18/h3-7,10,13,15,20-21,24H,8-9,11-12,14,16H2,1-2H3,(H,29,30). The van der Waals surface area contributed by atoms with E-state index in [0.29, 0.717) is 54.3 Å². The molecule has 0 bridgehead atoms. The van der Waals surface area contributed by atoms with Crippen molar-refractivity contribution in [3.05, 3.63) is 64.9 Å². The van der Waals surface area contributed by atoms with Gasteiger partial charge in [0.15, 0.2) is 17.3 Å². The van der Waals surface area contributed by atoms with E-state index in [1.54, 1.807) is 32.6 Å². The van der Waals surface area contributed by atoms with E-state index in [9.17, 15) is 9.59 Å². The van der Waals surface area contributed by atoms with Crippen molar-refractivity contribution in [1.82, 2.24) is 5.32 Å². The van der Waals surface area contributed by atoms with Crippen molar-refractivity contribution >= 4 is 28.9 Å². The van der Waals surface area contributed by atoms with Crippen LogP contribution in [-0.4, -0.2) is 51.3 Å². The second-order valence-electron chi connectivity index (χ2n) is 8.72. The highest BCUT2D eigenvalue weighted by Gasteiger charge is 2.40. The Morgan fingerprint density at radius 1 is 1.09 bits per heavy atom. The van der Waals surface area contributed by atoms with Crippen LogP contribution in [-0.2, 0) is 25.5 Å². The lowest BCUT2D eigenvalue weighted by Crippen LogP contribution is -2.42. The first kappa shape index (κ1) is 25.1. The molecule has 0 spiro atoms. The van der Waals surface area contributed by atoms with E-state index < -0.39 is 0 Å². The first-order valence-corrected chi connectivity index (χ1v) is 12.1. The summed E-state index contributed by atoms with van der Waals surface area (Å²) in [5, 5.41) is 3.51. The normalized spacial score (nSPS) is 21.4. The van der Waals surface area contributed by atoms with E-state index in [4.69, 9.17) is 30.5 Å². The van der Waals surface area contributed by atoms with Gasteiger partial charge in [0.2, 0.25) is 5.91 Å². The van der Waals surface area contributed by atoms with Gasteiger partial charge >= 0.3 is 0 Å². The Balaban J connectivity index is 1.21. The van der Waals surface area contributed by atoms with Crippen molar-refractivity contribution in [2.24, 2.45) is 5.92 Å².